The van der Waals surface area contributed by atoms with E-state index in [1.807, 2.05) is 6.07 Å². The van der Waals surface area contributed by atoms with Gasteiger partial charge in [0.1, 0.15) is 5.75 Å². The smallest absolute Gasteiger partial charge is 0.119 e. The number of aryl methyl sites for hydroxylation is 1. The van der Waals surface area contributed by atoms with E-state index >= 15 is 0 Å². The van der Waals surface area contributed by atoms with E-state index in [4.69, 9.17) is 5.73 Å². The van der Waals surface area contributed by atoms with Crippen molar-refractivity contribution in [3.8, 4) is 5.75 Å². The van der Waals surface area contributed by atoms with Crippen LogP contribution in [0.15, 0.2) is 18.2 Å². The molecule has 0 fully saturated rings. The zero-order valence-corrected chi connectivity index (χ0v) is 7.66. The van der Waals surface area contributed by atoms with E-state index < -0.39 is 0 Å². The third-order valence-electron chi connectivity index (χ3n) is 2.90. The Morgan fingerprint density at radius 2 is 2.31 bits per heavy atom. The number of phenols is 1. The highest BCUT2D eigenvalue weighted by atomic mass is 16.3. The maximum absolute atomic E-state index is 9.63. The van der Waals surface area contributed by atoms with Gasteiger partial charge in [-0.3, -0.25) is 0 Å². The number of rotatable bonds is 1. The fourth-order valence-corrected chi connectivity index (χ4v) is 2.04. The Labute approximate surface area is 78.4 Å². The van der Waals surface area contributed by atoms with Crippen molar-refractivity contribution < 1.29 is 5.11 Å². The Morgan fingerprint density at radius 1 is 1.46 bits per heavy atom. The fourth-order valence-electron chi connectivity index (χ4n) is 2.04. The van der Waals surface area contributed by atoms with Crippen molar-refractivity contribution in [3.63, 3.8) is 0 Å². The summed E-state index contributed by atoms with van der Waals surface area (Å²) in [4.78, 5) is 0. The van der Waals surface area contributed by atoms with Crippen LogP contribution >= 0.6 is 0 Å². The van der Waals surface area contributed by atoms with Crippen molar-refractivity contribution in [2.24, 2.45) is 11.7 Å². The molecule has 0 aliphatic heterocycles. The Kier molecular flexibility index (Phi) is 2.23. The predicted molar refractivity (Wildman–Crippen MR) is 52.7 cm³/mol. The largest absolute Gasteiger partial charge is 0.508 e. The Morgan fingerprint density at radius 3 is 3.08 bits per heavy atom. The molecule has 1 unspecified atom stereocenters. The SMILES string of the molecule is NCC1CCc2cccc(O)c2C1. The minimum Gasteiger partial charge on any atom is -0.508 e. The second kappa shape index (κ2) is 3.38. The van der Waals surface area contributed by atoms with Crippen molar-refractivity contribution in [2.45, 2.75) is 19.3 Å². The predicted octanol–water partition coefficient (Wildman–Crippen LogP) is 1.46. The van der Waals surface area contributed by atoms with Gasteiger partial charge in [0.25, 0.3) is 0 Å². The summed E-state index contributed by atoms with van der Waals surface area (Å²) in [6.07, 6.45) is 3.16. The van der Waals surface area contributed by atoms with E-state index in [-0.39, 0.29) is 0 Å². The number of benzene rings is 1. The average Bonchev–Trinajstić information content (AvgIpc) is 2.18. The van der Waals surface area contributed by atoms with Crippen LogP contribution in [0.3, 0.4) is 0 Å². The van der Waals surface area contributed by atoms with Crippen molar-refractivity contribution in [1.82, 2.24) is 0 Å². The highest BCUT2D eigenvalue weighted by molar-refractivity contribution is 5.41. The summed E-state index contributed by atoms with van der Waals surface area (Å²) in [5, 5.41) is 9.63. The first-order chi connectivity index (χ1) is 6.31. The second-order valence-electron chi connectivity index (χ2n) is 3.76. The lowest BCUT2D eigenvalue weighted by Crippen LogP contribution is -2.22. The number of aromatic hydroxyl groups is 1. The quantitative estimate of drug-likeness (QED) is 0.682. The van der Waals surface area contributed by atoms with Crippen molar-refractivity contribution in [3.05, 3.63) is 29.3 Å². The molecule has 1 aromatic carbocycles. The van der Waals surface area contributed by atoms with Crippen LogP contribution in [0.4, 0.5) is 0 Å². The molecule has 0 heterocycles. The molecule has 1 atom stereocenters. The summed E-state index contributed by atoms with van der Waals surface area (Å²) >= 11 is 0. The number of hydrogen-bond donors (Lipinski definition) is 2. The van der Waals surface area contributed by atoms with Gasteiger partial charge >= 0.3 is 0 Å². The Balaban J connectivity index is 2.32. The van der Waals surface area contributed by atoms with Gasteiger partial charge in [-0.1, -0.05) is 12.1 Å². The summed E-state index contributed by atoms with van der Waals surface area (Å²) in [6.45, 7) is 0.730. The summed E-state index contributed by atoms with van der Waals surface area (Å²) in [7, 11) is 0. The molecule has 2 heteroatoms. The molecule has 70 valence electrons. The summed E-state index contributed by atoms with van der Waals surface area (Å²) in [5.74, 6) is 0.997. The molecule has 1 aliphatic carbocycles. The summed E-state index contributed by atoms with van der Waals surface area (Å²) in [5.41, 5.74) is 8.04. The maximum Gasteiger partial charge on any atom is 0.119 e. The monoisotopic (exact) mass is 177 g/mol. The van der Waals surface area contributed by atoms with E-state index in [1.165, 1.54) is 5.56 Å². The summed E-state index contributed by atoms with van der Waals surface area (Å²) in [6, 6.07) is 5.77. The standard InChI is InChI=1S/C11H15NO/c12-7-8-4-5-9-2-1-3-11(13)10(9)6-8/h1-3,8,13H,4-7,12H2. The third-order valence-corrected chi connectivity index (χ3v) is 2.90. The van der Waals surface area contributed by atoms with Crippen LogP contribution in [0.5, 0.6) is 5.75 Å². The van der Waals surface area contributed by atoms with Crippen molar-refractivity contribution in [2.75, 3.05) is 6.54 Å². The van der Waals surface area contributed by atoms with Gasteiger partial charge in [-0.2, -0.15) is 0 Å². The lowest BCUT2D eigenvalue weighted by atomic mass is 9.83. The molecule has 0 amide bonds. The lowest BCUT2D eigenvalue weighted by molar-refractivity contribution is 0.428. The second-order valence-corrected chi connectivity index (χ2v) is 3.76. The zero-order chi connectivity index (χ0) is 9.26. The number of phenolic OH excluding ortho intramolecular Hbond substituents is 1. The Hall–Kier alpha value is -1.02. The van der Waals surface area contributed by atoms with Crippen LogP contribution in [0.2, 0.25) is 0 Å². The molecule has 1 aliphatic rings. The minimum atomic E-state index is 0.440. The molecule has 1 aromatic rings. The van der Waals surface area contributed by atoms with Gasteiger partial charge in [-0.05, 0) is 48.9 Å². The van der Waals surface area contributed by atoms with Gasteiger partial charge in [0, 0.05) is 0 Å². The van der Waals surface area contributed by atoms with E-state index in [1.54, 1.807) is 6.07 Å². The highest BCUT2D eigenvalue weighted by Crippen LogP contribution is 2.30. The van der Waals surface area contributed by atoms with Crippen LogP contribution in [0.1, 0.15) is 17.5 Å². The first kappa shape index (κ1) is 8.57. The molecular weight excluding hydrogens is 162 g/mol. The molecule has 2 nitrogen and oxygen atoms in total. The minimum absolute atomic E-state index is 0.440. The van der Waals surface area contributed by atoms with E-state index in [9.17, 15) is 5.11 Å². The van der Waals surface area contributed by atoms with Gasteiger partial charge in [-0.25, -0.2) is 0 Å². The lowest BCUT2D eigenvalue weighted by Gasteiger charge is -2.23. The average molecular weight is 177 g/mol. The van der Waals surface area contributed by atoms with Gasteiger partial charge in [-0.15, -0.1) is 0 Å². The molecule has 0 bridgehead atoms. The topological polar surface area (TPSA) is 46.2 Å². The molecule has 2 rings (SSSR count). The van der Waals surface area contributed by atoms with Gasteiger partial charge in [0.2, 0.25) is 0 Å². The summed E-state index contributed by atoms with van der Waals surface area (Å²) < 4.78 is 0. The van der Waals surface area contributed by atoms with Crippen LogP contribution in [-0.4, -0.2) is 11.7 Å². The molecule has 3 N–H and O–H groups in total. The van der Waals surface area contributed by atoms with E-state index in [0.29, 0.717) is 11.7 Å². The molecule has 0 aromatic heterocycles. The van der Waals surface area contributed by atoms with Crippen LogP contribution in [0.25, 0.3) is 0 Å². The maximum atomic E-state index is 9.63. The number of fused-ring (bicyclic) bond motifs is 1. The molecule has 0 spiro atoms. The van der Waals surface area contributed by atoms with E-state index in [0.717, 1.165) is 31.4 Å². The van der Waals surface area contributed by atoms with Gasteiger partial charge in [0.15, 0.2) is 0 Å². The number of nitrogens with two attached hydrogens (primary N) is 1. The molecule has 0 saturated heterocycles. The first-order valence-corrected chi connectivity index (χ1v) is 4.81. The van der Waals surface area contributed by atoms with Gasteiger partial charge < -0.3 is 10.8 Å². The molecule has 0 radical (unpaired) electrons. The third kappa shape index (κ3) is 1.54. The fraction of sp³-hybridized carbons (Fsp3) is 0.455. The van der Waals surface area contributed by atoms with Crippen molar-refractivity contribution in [1.29, 1.82) is 0 Å². The zero-order valence-electron chi connectivity index (χ0n) is 7.66. The normalized spacial score (nSPS) is 21.2. The van der Waals surface area contributed by atoms with E-state index in [2.05, 4.69) is 6.07 Å². The Bertz CT molecular complexity index is 309. The molecular formula is C11H15NO. The molecule has 0 saturated carbocycles. The van der Waals surface area contributed by atoms with Crippen LogP contribution in [-0.2, 0) is 12.8 Å². The first-order valence-electron chi connectivity index (χ1n) is 4.81. The van der Waals surface area contributed by atoms with Gasteiger partial charge in [0.05, 0.1) is 0 Å². The highest BCUT2D eigenvalue weighted by Gasteiger charge is 2.19. The van der Waals surface area contributed by atoms with Crippen LogP contribution < -0.4 is 5.73 Å². The number of hydrogen-bond acceptors (Lipinski definition) is 2. The van der Waals surface area contributed by atoms with Crippen LogP contribution in [0, 0.1) is 5.92 Å². The van der Waals surface area contributed by atoms with Crippen molar-refractivity contribution >= 4 is 0 Å². The molecule has 13 heavy (non-hydrogen) atoms.